The van der Waals surface area contributed by atoms with Crippen molar-refractivity contribution in [3.8, 4) is 11.9 Å². The van der Waals surface area contributed by atoms with Crippen LogP contribution in [0.4, 0.5) is 5.69 Å². The molecule has 0 aliphatic rings. The molecule has 2 aromatic rings. The first kappa shape index (κ1) is 14.6. The van der Waals surface area contributed by atoms with Crippen LogP contribution < -0.4 is 10.5 Å². The fraction of sp³-hybridized carbons (Fsp3) is 0.176. The highest BCUT2D eigenvalue weighted by molar-refractivity contribution is 5.96. The quantitative estimate of drug-likeness (QED) is 0.690. The first-order chi connectivity index (χ1) is 10.1. The van der Waals surface area contributed by atoms with E-state index < -0.39 is 0 Å². The number of nitrogens with zero attached hydrogens (tertiary/aromatic N) is 2. The van der Waals surface area contributed by atoms with Gasteiger partial charge in [-0.1, -0.05) is 18.2 Å². The third-order valence-corrected chi connectivity index (χ3v) is 3.35. The molecule has 0 saturated carbocycles. The molecule has 0 spiro atoms. The lowest BCUT2D eigenvalue weighted by atomic mass is 9.97. The Labute approximate surface area is 124 Å². The molecule has 0 bridgehead atoms. The lowest BCUT2D eigenvalue weighted by molar-refractivity contribution is 0.397. The van der Waals surface area contributed by atoms with E-state index in [1.165, 1.54) is 0 Å². The van der Waals surface area contributed by atoms with Gasteiger partial charge >= 0.3 is 0 Å². The Hall–Kier alpha value is -2.80. The number of hydrogen-bond donors (Lipinski definition) is 1. The van der Waals surface area contributed by atoms with Gasteiger partial charge in [0.1, 0.15) is 6.07 Å². The standard InChI is InChI=1S/C17H17N3O/c1-11-4-9-16(21-3)20-17(11)15(10-18)12(2)13-5-7-14(19)8-6-13/h4-9H,19H2,1-3H3/b15-12+. The van der Waals surface area contributed by atoms with Gasteiger partial charge in [-0.15, -0.1) is 0 Å². The van der Waals surface area contributed by atoms with E-state index in [0.29, 0.717) is 22.8 Å². The van der Waals surface area contributed by atoms with Crippen LogP contribution in [0.15, 0.2) is 36.4 Å². The monoisotopic (exact) mass is 279 g/mol. The van der Waals surface area contributed by atoms with Crippen LogP contribution in [0.2, 0.25) is 0 Å². The molecule has 0 unspecified atom stereocenters. The molecule has 0 saturated heterocycles. The molecule has 2 N–H and O–H groups in total. The van der Waals surface area contributed by atoms with Crippen LogP contribution in [0.3, 0.4) is 0 Å². The molecular formula is C17H17N3O. The zero-order chi connectivity index (χ0) is 15.4. The predicted octanol–water partition coefficient (Wildman–Crippen LogP) is 3.44. The van der Waals surface area contributed by atoms with E-state index in [1.807, 2.05) is 44.2 Å². The largest absolute Gasteiger partial charge is 0.481 e. The molecule has 0 amide bonds. The fourth-order valence-corrected chi connectivity index (χ4v) is 2.07. The van der Waals surface area contributed by atoms with Crippen LogP contribution in [-0.4, -0.2) is 12.1 Å². The minimum Gasteiger partial charge on any atom is -0.481 e. The third-order valence-electron chi connectivity index (χ3n) is 3.35. The highest BCUT2D eigenvalue weighted by Gasteiger charge is 2.12. The fourth-order valence-electron chi connectivity index (χ4n) is 2.07. The molecule has 1 aromatic heterocycles. The molecule has 21 heavy (non-hydrogen) atoms. The Morgan fingerprint density at radius 1 is 1.19 bits per heavy atom. The van der Waals surface area contributed by atoms with Crippen molar-refractivity contribution in [1.29, 1.82) is 5.26 Å². The summed E-state index contributed by atoms with van der Waals surface area (Å²) in [7, 11) is 1.56. The van der Waals surface area contributed by atoms with Gasteiger partial charge in [0.05, 0.1) is 18.4 Å². The molecule has 1 heterocycles. The molecule has 0 aliphatic heterocycles. The normalized spacial score (nSPS) is 11.5. The summed E-state index contributed by atoms with van der Waals surface area (Å²) < 4.78 is 5.15. The zero-order valence-electron chi connectivity index (χ0n) is 12.3. The highest BCUT2D eigenvalue weighted by atomic mass is 16.5. The lowest BCUT2D eigenvalue weighted by Gasteiger charge is -2.10. The number of ether oxygens (including phenoxy) is 1. The number of nitriles is 1. The van der Waals surface area contributed by atoms with Crippen LogP contribution in [0.5, 0.6) is 5.88 Å². The molecule has 0 atom stereocenters. The number of anilines is 1. The van der Waals surface area contributed by atoms with Gasteiger partial charge < -0.3 is 10.5 Å². The molecule has 4 nitrogen and oxygen atoms in total. The Balaban J connectivity index is 2.60. The maximum atomic E-state index is 9.54. The van der Waals surface area contributed by atoms with Gasteiger partial charge in [0, 0.05) is 11.8 Å². The summed E-state index contributed by atoms with van der Waals surface area (Å²) in [5, 5.41) is 9.54. The molecular weight excluding hydrogens is 262 g/mol. The predicted molar refractivity (Wildman–Crippen MR) is 84.5 cm³/mol. The van der Waals surface area contributed by atoms with E-state index in [-0.39, 0.29) is 0 Å². The van der Waals surface area contributed by atoms with E-state index >= 15 is 0 Å². The summed E-state index contributed by atoms with van der Waals surface area (Å²) in [5.41, 5.74) is 10.3. The number of allylic oxidation sites excluding steroid dienone is 2. The molecule has 0 aliphatic carbocycles. The first-order valence-electron chi connectivity index (χ1n) is 6.55. The number of nitrogens with two attached hydrogens (primary N) is 1. The second-order valence-corrected chi connectivity index (χ2v) is 4.75. The third kappa shape index (κ3) is 3.03. The van der Waals surface area contributed by atoms with Crippen molar-refractivity contribution in [2.45, 2.75) is 13.8 Å². The van der Waals surface area contributed by atoms with E-state index in [9.17, 15) is 5.26 Å². The second kappa shape index (κ2) is 6.10. The number of nitrogen functional groups attached to an aromatic ring is 1. The summed E-state index contributed by atoms with van der Waals surface area (Å²) >= 11 is 0. The maximum Gasteiger partial charge on any atom is 0.213 e. The molecule has 1 aromatic carbocycles. The topological polar surface area (TPSA) is 71.9 Å². The Morgan fingerprint density at radius 2 is 1.86 bits per heavy atom. The average Bonchev–Trinajstić information content (AvgIpc) is 2.50. The molecule has 106 valence electrons. The number of aromatic nitrogens is 1. The van der Waals surface area contributed by atoms with Crippen molar-refractivity contribution in [1.82, 2.24) is 4.98 Å². The Kier molecular flexibility index (Phi) is 4.24. The molecule has 2 rings (SSSR count). The number of benzene rings is 1. The van der Waals surface area contributed by atoms with Crippen LogP contribution in [0.25, 0.3) is 11.1 Å². The van der Waals surface area contributed by atoms with E-state index in [1.54, 1.807) is 13.2 Å². The number of hydrogen-bond acceptors (Lipinski definition) is 4. The number of methoxy groups -OCH3 is 1. The zero-order valence-corrected chi connectivity index (χ0v) is 12.3. The van der Waals surface area contributed by atoms with Gasteiger partial charge in [0.2, 0.25) is 5.88 Å². The van der Waals surface area contributed by atoms with Crippen LogP contribution in [0.1, 0.15) is 23.7 Å². The Morgan fingerprint density at radius 3 is 2.43 bits per heavy atom. The molecule has 0 radical (unpaired) electrons. The summed E-state index contributed by atoms with van der Waals surface area (Å²) in [4.78, 5) is 4.40. The lowest BCUT2D eigenvalue weighted by Crippen LogP contribution is -1.98. The summed E-state index contributed by atoms with van der Waals surface area (Å²) in [6.07, 6.45) is 0. The minimum atomic E-state index is 0.494. The number of aryl methyl sites for hydroxylation is 1. The SMILES string of the molecule is COc1ccc(C)c(/C(C#N)=C(\C)c2ccc(N)cc2)n1. The maximum absolute atomic E-state index is 9.54. The van der Waals surface area contributed by atoms with Gasteiger partial charge in [-0.3, -0.25) is 0 Å². The van der Waals surface area contributed by atoms with Crippen LogP contribution in [0, 0.1) is 18.3 Å². The van der Waals surface area contributed by atoms with Crippen molar-refractivity contribution in [2.75, 3.05) is 12.8 Å². The van der Waals surface area contributed by atoms with Gasteiger partial charge in [-0.2, -0.15) is 5.26 Å². The van der Waals surface area contributed by atoms with Crippen molar-refractivity contribution in [3.63, 3.8) is 0 Å². The number of rotatable bonds is 3. The summed E-state index contributed by atoms with van der Waals surface area (Å²) in [6.45, 7) is 3.83. The van der Waals surface area contributed by atoms with Crippen molar-refractivity contribution in [3.05, 3.63) is 53.2 Å². The van der Waals surface area contributed by atoms with E-state index in [0.717, 1.165) is 16.7 Å². The van der Waals surface area contributed by atoms with Gasteiger partial charge in [-0.05, 0) is 42.7 Å². The first-order valence-corrected chi connectivity index (χ1v) is 6.55. The van der Waals surface area contributed by atoms with Crippen molar-refractivity contribution >= 4 is 16.8 Å². The summed E-state index contributed by atoms with van der Waals surface area (Å²) in [6, 6.07) is 13.4. The van der Waals surface area contributed by atoms with Crippen molar-refractivity contribution < 1.29 is 4.74 Å². The Bertz CT molecular complexity index is 725. The van der Waals surface area contributed by atoms with Gasteiger partial charge in [0.15, 0.2) is 0 Å². The average molecular weight is 279 g/mol. The second-order valence-electron chi connectivity index (χ2n) is 4.75. The smallest absolute Gasteiger partial charge is 0.213 e. The van der Waals surface area contributed by atoms with E-state index in [2.05, 4.69) is 11.1 Å². The minimum absolute atomic E-state index is 0.494. The van der Waals surface area contributed by atoms with Crippen LogP contribution in [-0.2, 0) is 0 Å². The highest BCUT2D eigenvalue weighted by Crippen LogP contribution is 2.28. The number of pyridine rings is 1. The van der Waals surface area contributed by atoms with Gasteiger partial charge in [-0.25, -0.2) is 4.98 Å². The van der Waals surface area contributed by atoms with E-state index in [4.69, 9.17) is 10.5 Å². The molecule has 0 fully saturated rings. The molecule has 4 heteroatoms. The van der Waals surface area contributed by atoms with Gasteiger partial charge in [0.25, 0.3) is 0 Å². The summed E-state index contributed by atoms with van der Waals surface area (Å²) in [5.74, 6) is 0.494. The van der Waals surface area contributed by atoms with Crippen molar-refractivity contribution in [2.24, 2.45) is 0 Å². The van der Waals surface area contributed by atoms with Crippen LogP contribution >= 0.6 is 0 Å².